The van der Waals surface area contributed by atoms with Gasteiger partial charge in [0.2, 0.25) is 5.91 Å². The van der Waals surface area contributed by atoms with Crippen LogP contribution in [0.3, 0.4) is 0 Å². The number of hydrogen-bond donors (Lipinski definition) is 2. The highest BCUT2D eigenvalue weighted by Gasteiger charge is 2.36. The zero-order valence-electron chi connectivity index (χ0n) is 10.7. The van der Waals surface area contributed by atoms with Crippen molar-refractivity contribution in [3.8, 4) is 0 Å². The van der Waals surface area contributed by atoms with Crippen LogP contribution in [0, 0.1) is 17.8 Å². The molecule has 2 aliphatic rings. The molecule has 4 nitrogen and oxygen atoms in total. The number of carbonyl (C=O) groups excluding carboxylic acids is 1. The van der Waals surface area contributed by atoms with Crippen LogP contribution in [0.2, 0.25) is 0 Å². The zero-order valence-corrected chi connectivity index (χ0v) is 11.6. The lowest BCUT2D eigenvalue weighted by Gasteiger charge is -2.16. The maximum absolute atomic E-state index is 11.7. The van der Waals surface area contributed by atoms with Crippen LogP contribution >= 0.6 is 12.4 Å². The van der Waals surface area contributed by atoms with Crippen molar-refractivity contribution in [2.24, 2.45) is 17.8 Å². The Balaban J connectivity index is 0.00000144. The number of halogens is 1. The van der Waals surface area contributed by atoms with Crippen molar-refractivity contribution in [3.05, 3.63) is 0 Å². The van der Waals surface area contributed by atoms with E-state index in [9.17, 15) is 4.79 Å². The summed E-state index contributed by atoms with van der Waals surface area (Å²) in [6.45, 7) is 10.1. The predicted octanol–water partition coefficient (Wildman–Crippen LogP) is 0.332. The molecule has 2 rings (SSSR count). The largest absolute Gasteiger partial charge is 0.355 e. The number of amides is 1. The Bertz CT molecular complexity index is 248. The van der Waals surface area contributed by atoms with Crippen LogP contribution in [0.1, 0.15) is 13.8 Å². The maximum atomic E-state index is 11.7. The molecule has 5 heteroatoms. The summed E-state index contributed by atoms with van der Waals surface area (Å²) in [4.78, 5) is 14.0. The molecule has 2 N–H and O–H groups in total. The van der Waals surface area contributed by atoms with E-state index in [1.807, 2.05) is 0 Å². The second kappa shape index (κ2) is 6.57. The summed E-state index contributed by atoms with van der Waals surface area (Å²) in [5.74, 6) is 2.27. The van der Waals surface area contributed by atoms with Gasteiger partial charge in [-0.1, -0.05) is 13.8 Å². The van der Waals surface area contributed by atoms with E-state index in [1.165, 1.54) is 0 Å². The molecule has 0 aliphatic carbocycles. The monoisotopic (exact) mass is 261 g/mol. The highest BCUT2D eigenvalue weighted by Crippen LogP contribution is 2.25. The molecule has 100 valence electrons. The van der Waals surface area contributed by atoms with Gasteiger partial charge in [0.25, 0.3) is 0 Å². The minimum Gasteiger partial charge on any atom is -0.355 e. The third kappa shape index (κ3) is 4.12. The van der Waals surface area contributed by atoms with Crippen molar-refractivity contribution >= 4 is 18.3 Å². The van der Waals surface area contributed by atoms with Gasteiger partial charge in [-0.3, -0.25) is 9.69 Å². The van der Waals surface area contributed by atoms with E-state index in [4.69, 9.17) is 0 Å². The molecule has 2 atom stereocenters. The second-order valence-electron chi connectivity index (χ2n) is 5.57. The molecule has 1 amide bonds. The van der Waals surface area contributed by atoms with Crippen LogP contribution < -0.4 is 10.6 Å². The summed E-state index contributed by atoms with van der Waals surface area (Å²) < 4.78 is 0. The first-order valence-electron chi connectivity index (χ1n) is 6.35. The molecule has 0 saturated carbocycles. The van der Waals surface area contributed by atoms with Crippen molar-refractivity contribution in [3.63, 3.8) is 0 Å². The van der Waals surface area contributed by atoms with E-state index in [0.717, 1.165) is 44.6 Å². The summed E-state index contributed by atoms with van der Waals surface area (Å²) in [7, 11) is 0. The summed E-state index contributed by atoms with van der Waals surface area (Å²) >= 11 is 0. The van der Waals surface area contributed by atoms with Gasteiger partial charge in [-0.15, -0.1) is 12.4 Å². The third-order valence-corrected chi connectivity index (χ3v) is 3.54. The molecule has 0 unspecified atom stereocenters. The Kier molecular flexibility index (Phi) is 5.70. The number of likely N-dealkylation sites (tertiary alicyclic amines) is 1. The molecule has 17 heavy (non-hydrogen) atoms. The number of rotatable bonds is 4. The van der Waals surface area contributed by atoms with Crippen LogP contribution in [0.4, 0.5) is 0 Å². The van der Waals surface area contributed by atoms with Crippen molar-refractivity contribution in [1.82, 2.24) is 15.5 Å². The topological polar surface area (TPSA) is 44.4 Å². The molecular weight excluding hydrogens is 238 g/mol. The van der Waals surface area contributed by atoms with E-state index >= 15 is 0 Å². The van der Waals surface area contributed by atoms with Crippen LogP contribution in [0.25, 0.3) is 0 Å². The summed E-state index contributed by atoms with van der Waals surface area (Å²) in [5.41, 5.74) is 0. The Morgan fingerprint density at radius 3 is 2.47 bits per heavy atom. The molecule has 2 aliphatic heterocycles. The average Bonchev–Trinajstić information content (AvgIpc) is 2.74. The lowest BCUT2D eigenvalue weighted by molar-refractivity contribution is -0.122. The fourth-order valence-corrected chi connectivity index (χ4v) is 2.66. The summed E-state index contributed by atoms with van der Waals surface area (Å²) in [6, 6.07) is 0. The predicted molar refractivity (Wildman–Crippen MR) is 71.4 cm³/mol. The fraction of sp³-hybridized carbons (Fsp3) is 0.917. The zero-order chi connectivity index (χ0) is 11.5. The molecule has 2 saturated heterocycles. The van der Waals surface area contributed by atoms with E-state index in [-0.39, 0.29) is 18.3 Å². The first kappa shape index (κ1) is 14.7. The van der Waals surface area contributed by atoms with Crippen molar-refractivity contribution < 1.29 is 4.79 Å². The minimum atomic E-state index is 0. The van der Waals surface area contributed by atoms with E-state index < -0.39 is 0 Å². The third-order valence-electron chi connectivity index (χ3n) is 3.54. The Labute approximate surface area is 110 Å². The van der Waals surface area contributed by atoms with Gasteiger partial charge in [0.1, 0.15) is 0 Å². The molecule has 0 aromatic carbocycles. The first-order chi connectivity index (χ1) is 7.65. The second-order valence-corrected chi connectivity index (χ2v) is 5.57. The van der Waals surface area contributed by atoms with Crippen molar-refractivity contribution in [2.75, 3.05) is 39.3 Å². The number of fused-ring (bicyclic) bond motifs is 1. The fourth-order valence-electron chi connectivity index (χ4n) is 2.66. The van der Waals surface area contributed by atoms with Gasteiger partial charge in [-0.2, -0.15) is 0 Å². The SMILES string of the molecule is CC(C)CNC(=O)CN1C[C@H]2CNC[C@H]2C1.Cl. The van der Waals surface area contributed by atoms with Gasteiger partial charge in [-0.25, -0.2) is 0 Å². The number of carbonyl (C=O) groups is 1. The molecule has 0 aromatic rings. The Morgan fingerprint density at radius 2 is 1.94 bits per heavy atom. The molecule has 0 spiro atoms. The minimum absolute atomic E-state index is 0. The molecule has 0 aromatic heterocycles. The quantitative estimate of drug-likeness (QED) is 0.767. The smallest absolute Gasteiger partial charge is 0.234 e. The average molecular weight is 262 g/mol. The van der Waals surface area contributed by atoms with Crippen molar-refractivity contribution in [1.29, 1.82) is 0 Å². The highest BCUT2D eigenvalue weighted by molar-refractivity contribution is 5.85. The molecule has 2 fully saturated rings. The van der Waals surface area contributed by atoms with Gasteiger partial charge in [0.15, 0.2) is 0 Å². The lowest BCUT2D eigenvalue weighted by atomic mass is 10.0. The summed E-state index contributed by atoms with van der Waals surface area (Å²) in [5, 5.41) is 6.39. The molecule has 2 heterocycles. The number of hydrogen-bond acceptors (Lipinski definition) is 3. The van der Waals surface area contributed by atoms with Gasteiger partial charge >= 0.3 is 0 Å². The van der Waals surface area contributed by atoms with Crippen LogP contribution in [0.15, 0.2) is 0 Å². The van der Waals surface area contributed by atoms with E-state index in [2.05, 4.69) is 29.4 Å². The molecular formula is C12H24ClN3O. The van der Waals surface area contributed by atoms with Crippen LogP contribution in [-0.4, -0.2) is 50.1 Å². The maximum Gasteiger partial charge on any atom is 0.234 e. The van der Waals surface area contributed by atoms with Gasteiger partial charge < -0.3 is 10.6 Å². The Hall–Kier alpha value is -0.320. The Morgan fingerprint density at radius 1 is 1.35 bits per heavy atom. The van der Waals surface area contributed by atoms with Gasteiger partial charge in [0.05, 0.1) is 6.54 Å². The van der Waals surface area contributed by atoms with Gasteiger partial charge in [0, 0.05) is 19.6 Å². The first-order valence-corrected chi connectivity index (χ1v) is 6.35. The number of nitrogens with zero attached hydrogens (tertiary/aromatic N) is 1. The van der Waals surface area contributed by atoms with Gasteiger partial charge in [-0.05, 0) is 30.8 Å². The highest BCUT2D eigenvalue weighted by atomic mass is 35.5. The van der Waals surface area contributed by atoms with Crippen LogP contribution in [0.5, 0.6) is 0 Å². The van der Waals surface area contributed by atoms with E-state index in [0.29, 0.717) is 12.5 Å². The summed E-state index contributed by atoms with van der Waals surface area (Å²) in [6.07, 6.45) is 0. The standard InChI is InChI=1S/C12H23N3O.ClH/c1-9(2)3-14-12(16)8-15-6-10-4-13-5-11(10)7-15;/h9-11,13H,3-8H2,1-2H3,(H,14,16);1H/t10-,11+;. The lowest BCUT2D eigenvalue weighted by Crippen LogP contribution is -2.38. The molecule has 0 radical (unpaired) electrons. The molecule has 0 bridgehead atoms. The van der Waals surface area contributed by atoms with E-state index in [1.54, 1.807) is 0 Å². The normalized spacial score (nSPS) is 27.9. The van der Waals surface area contributed by atoms with Crippen molar-refractivity contribution in [2.45, 2.75) is 13.8 Å². The number of nitrogens with one attached hydrogen (secondary N) is 2. The van der Waals surface area contributed by atoms with Crippen LogP contribution in [-0.2, 0) is 4.79 Å².